The summed E-state index contributed by atoms with van der Waals surface area (Å²) in [6, 6.07) is 9.62. The number of hydrogen-bond donors (Lipinski definition) is 0. The first-order valence-electron chi connectivity index (χ1n) is 6.35. The predicted molar refractivity (Wildman–Crippen MR) is 75.6 cm³/mol. The molecule has 0 spiro atoms. The van der Waals surface area contributed by atoms with Crippen LogP contribution in [0.1, 0.15) is 18.9 Å². The molecule has 1 aliphatic rings. The van der Waals surface area contributed by atoms with E-state index in [9.17, 15) is 4.39 Å². The van der Waals surface area contributed by atoms with Gasteiger partial charge in [0.15, 0.2) is 11.6 Å². The zero-order chi connectivity index (χ0) is 13.4. The maximum absolute atomic E-state index is 14.1. The summed E-state index contributed by atoms with van der Waals surface area (Å²) in [7, 11) is 0. The Balaban J connectivity index is 2.13. The number of hydrogen-bond acceptors (Lipinski definition) is 2. The van der Waals surface area contributed by atoms with Crippen LogP contribution in [0.4, 0.5) is 15.9 Å². The topological polar surface area (TPSA) is 16.1 Å². The lowest BCUT2D eigenvalue weighted by Crippen LogP contribution is -2.34. The van der Waals surface area contributed by atoms with E-state index in [0.717, 1.165) is 18.5 Å². The third kappa shape index (κ3) is 2.19. The molecular formula is C15H14ClFN2. The lowest BCUT2D eigenvalue weighted by atomic mass is 9.96. The second-order valence-electron chi connectivity index (χ2n) is 4.85. The van der Waals surface area contributed by atoms with Crippen molar-refractivity contribution < 1.29 is 4.39 Å². The number of benzene rings is 1. The van der Waals surface area contributed by atoms with Crippen molar-refractivity contribution in [2.75, 3.05) is 4.90 Å². The minimum atomic E-state index is -0.379. The van der Waals surface area contributed by atoms with Crippen molar-refractivity contribution in [2.45, 2.75) is 25.8 Å². The molecule has 0 bridgehead atoms. The number of nitrogens with zero attached hydrogens (tertiary/aromatic N) is 2. The molecule has 1 aliphatic heterocycles. The van der Waals surface area contributed by atoms with Crippen LogP contribution >= 0.6 is 11.6 Å². The fraction of sp³-hybridized carbons (Fsp3) is 0.267. The quantitative estimate of drug-likeness (QED) is 0.770. The first kappa shape index (κ1) is 12.4. The molecule has 0 aliphatic carbocycles. The summed E-state index contributed by atoms with van der Waals surface area (Å²) in [5.74, 6) is -0.0277. The van der Waals surface area contributed by atoms with Crippen molar-refractivity contribution in [1.82, 2.24) is 4.98 Å². The van der Waals surface area contributed by atoms with Gasteiger partial charge in [0.05, 0.1) is 5.02 Å². The minimum Gasteiger partial charge on any atom is -0.321 e. The summed E-state index contributed by atoms with van der Waals surface area (Å²) in [5.41, 5.74) is 2.27. The maximum Gasteiger partial charge on any atom is 0.169 e. The largest absolute Gasteiger partial charge is 0.321 e. The van der Waals surface area contributed by atoms with Gasteiger partial charge in [0.1, 0.15) is 0 Å². The Morgan fingerprint density at radius 3 is 2.95 bits per heavy atom. The van der Waals surface area contributed by atoms with E-state index < -0.39 is 0 Å². The molecule has 4 heteroatoms. The highest BCUT2D eigenvalue weighted by Crippen LogP contribution is 2.37. The van der Waals surface area contributed by atoms with Gasteiger partial charge in [-0.25, -0.2) is 9.37 Å². The van der Waals surface area contributed by atoms with Crippen LogP contribution in [-0.4, -0.2) is 11.0 Å². The van der Waals surface area contributed by atoms with Gasteiger partial charge in [0.2, 0.25) is 0 Å². The second kappa shape index (κ2) is 4.82. The molecule has 2 aromatic rings. The summed E-state index contributed by atoms with van der Waals surface area (Å²) in [4.78, 5) is 6.13. The fourth-order valence-corrected chi connectivity index (χ4v) is 2.74. The van der Waals surface area contributed by atoms with Crippen LogP contribution in [0.15, 0.2) is 36.5 Å². The zero-order valence-electron chi connectivity index (χ0n) is 10.6. The predicted octanol–water partition coefficient (Wildman–Crippen LogP) is 4.35. The number of fused-ring (bicyclic) bond motifs is 1. The Morgan fingerprint density at radius 2 is 2.16 bits per heavy atom. The van der Waals surface area contributed by atoms with Crippen LogP contribution in [0.25, 0.3) is 0 Å². The Hall–Kier alpha value is -1.61. The van der Waals surface area contributed by atoms with Crippen LogP contribution in [0.2, 0.25) is 5.02 Å². The van der Waals surface area contributed by atoms with Crippen molar-refractivity contribution in [3.63, 3.8) is 0 Å². The number of aromatic nitrogens is 1. The highest BCUT2D eigenvalue weighted by atomic mass is 35.5. The Morgan fingerprint density at radius 1 is 1.37 bits per heavy atom. The van der Waals surface area contributed by atoms with E-state index in [0.29, 0.717) is 10.8 Å². The van der Waals surface area contributed by atoms with Crippen molar-refractivity contribution in [3.05, 3.63) is 52.9 Å². The highest BCUT2D eigenvalue weighted by Gasteiger charge is 2.27. The molecule has 98 valence electrons. The summed E-state index contributed by atoms with van der Waals surface area (Å²) in [5, 5.41) is 0.319. The summed E-state index contributed by atoms with van der Waals surface area (Å²) >= 11 is 5.77. The molecule has 0 saturated heterocycles. The van der Waals surface area contributed by atoms with Gasteiger partial charge in [0.25, 0.3) is 0 Å². The molecule has 2 heterocycles. The van der Waals surface area contributed by atoms with Crippen LogP contribution in [0, 0.1) is 5.82 Å². The third-order valence-corrected chi connectivity index (χ3v) is 3.75. The van der Waals surface area contributed by atoms with Gasteiger partial charge >= 0.3 is 0 Å². The summed E-state index contributed by atoms with van der Waals surface area (Å²) in [6.07, 6.45) is 3.49. The monoisotopic (exact) mass is 276 g/mol. The molecule has 0 fully saturated rings. The van der Waals surface area contributed by atoms with E-state index in [1.54, 1.807) is 0 Å². The Kier molecular flexibility index (Phi) is 3.15. The molecule has 0 radical (unpaired) electrons. The average molecular weight is 277 g/mol. The maximum atomic E-state index is 14.1. The van der Waals surface area contributed by atoms with Crippen molar-refractivity contribution in [3.8, 4) is 0 Å². The Labute approximate surface area is 116 Å². The molecule has 1 unspecified atom stereocenters. The number of para-hydroxylation sites is 1. The van der Waals surface area contributed by atoms with Gasteiger partial charge in [-0.3, -0.25) is 0 Å². The SMILES string of the molecule is CC1CCc2ccccc2N1c1ncc(Cl)cc1F. The van der Waals surface area contributed by atoms with E-state index in [2.05, 4.69) is 18.0 Å². The molecule has 2 nitrogen and oxygen atoms in total. The molecule has 3 rings (SSSR count). The van der Waals surface area contributed by atoms with E-state index in [1.807, 2.05) is 23.1 Å². The number of rotatable bonds is 1. The molecule has 1 aromatic carbocycles. The highest BCUT2D eigenvalue weighted by molar-refractivity contribution is 6.30. The molecular weight excluding hydrogens is 263 g/mol. The van der Waals surface area contributed by atoms with E-state index in [-0.39, 0.29) is 11.9 Å². The lowest BCUT2D eigenvalue weighted by Gasteiger charge is -2.36. The van der Waals surface area contributed by atoms with Crippen molar-refractivity contribution in [1.29, 1.82) is 0 Å². The van der Waals surface area contributed by atoms with E-state index in [4.69, 9.17) is 11.6 Å². The van der Waals surface area contributed by atoms with Gasteiger partial charge < -0.3 is 4.90 Å². The standard InChI is InChI=1S/C15H14ClFN2/c1-10-6-7-11-4-2-3-5-14(11)19(10)15-13(17)8-12(16)9-18-15/h2-5,8-10H,6-7H2,1H3. The van der Waals surface area contributed by atoms with E-state index in [1.165, 1.54) is 17.8 Å². The lowest BCUT2D eigenvalue weighted by molar-refractivity contribution is 0.576. The molecule has 19 heavy (non-hydrogen) atoms. The molecule has 1 aromatic heterocycles. The molecule has 1 atom stereocenters. The number of aryl methyl sites for hydroxylation is 1. The van der Waals surface area contributed by atoms with Crippen LogP contribution in [-0.2, 0) is 6.42 Å². The third-order valence-electron chi connectivity index (χ3n) is 3.54. The molecule has 0 N–H and O–H groups in total. The van der Waals surface area contributed by atoms with Gasteiger partial charge in [-0.1, -0.05) is 29.8 Å². The van der Waals surface area contributed by atoms with Gasteiger partial charge in [-0.15, -0.1) is 0 Å². The average Bonchev–Trinajstić information content (AvgIpc) is 2.40. The summed E-state index contributed by atoms with van der Waals surface area (Å²) < 4.78 is 14.1. The van der Waals surface area contributed by atoms with Crippen LogP contribution in [0.3, 0.4) is 0 Å². The normalized spacial score (nSPS) is 18.3. The first-order valence-corrected chi connectivity index (χ1v) is 6.73. The first-order chi connectivity index (χ1) is 9.16. The fourth-order valence-electron chi connectivity index (χ4n) is 2.60. The van der Waals surface area contributed by atoms with Crippen LogP contribution < -0.4 is 4.90 Å². The Bertz CT molecular complexity index is 615. The van der Waals surface area contributed by atoms with Crippen molar-refractivity contribution >= 4 is 23.1 Å². The zero-order valence-corrected chi connectivity index (χ0v) is 11.4. The van der Waals surface area contributed by atoms with E-state index >= 15 is 0 Å². The molecule has 0 saturated carbocycles. The number of halogens is 2. The minimum absolute atomic E-state index is 0.220. The van der Waals surface area contributed by atoms with Gasteiger partial charge in [0, 0.05) is 17.9 Å². The number of anilines is 2. The van der Waals surface area contributed by atoms with Gasteiger partial charge in [-0.05, 0) is 37.5 Å². The second-order valence-corrected chi connectivity index (χ2v) is 5.28. The molecule has 0 amide bonds. The summed E-state index contributed by atoms with van der Waals surface area (Å²) in [6.45, 7) is 2.09. The van der Waals surface area contributed by atoms with Gasteiger partial charge in [-0.2, -0.15) is 0 Å². The van der Waals surface area contributed by atoms with Crippen molar-refractivity contribution in [2.24, 2.45) is 0 Å². The van der Waals surface area contributed by atoms with Crippen LogP contribution in [0.5, 0.6) is 0 Å². The smallest absolute Gasteiger partial charge is 0.169 e. The number of pyridine rings is 1.